The highest BCUT2D eigenvalue weighted by Crippen LogP contribution is 2.16. The van der Waals surface area contributed by atoms with E-state index < -0.39 is 0 Å². The SMILES string of the molecule is COC(CN)CC(=O)NCCc1nc2ccc(F)cc2n1C. The Morgan fingerprint density at radius 3 is 3.00 bits per heavy atom. The Kier molecular flexibility index (Phi) is 5.46. The predicted octanol–water partition coefficient (Wildman–Crippen LogP) is 0.735. The zero-order chi connectivity index (χ0) is 16.1. The van der Waals surface area contributed by atoms with Crippen molar-refractivity contribution < 1.29 is 13.9 Å². The summed E-state index contributed by atoms with van der Waals surface area (Å²) in [5.74, 6) is 0.396. The van der Waals surface area contributed by atoms with Crippen LogP contribution in [0, 0.1) is 5.82 Å². The zero-order valence-electron chi connectivity index (χ0n) is 12.8. The lowest BCUT2D eigenvalue weighted by molar-refractivity contribution is -0.123. The molecule has 0 saturated heterocycles. The van der Waals surface area contributed by atoms with Crippen LogP contribution < -0.4 is 11.1 Å². The third-order valence-corrected chi connectivity index (χ3v) is 3.62. The Morgan fingerprint density at radius 1 is 1.55 bits per heavy atom. The number of nitrogens with zero attached hydrogens (tertiary/aromatic N) is 2. The van der Waals surface area contributed by atoms with Gasteiger partial charge in [0.25, 0.3) is 0 Å². The standard InChI is InChI=1S/C15H21FN4O2/c1-20-13-7-10(16)3-4-12(13)19-14(20)5-6-18-15(21)8-11(9-17)22-2/h3-4,7,11H,5-6,8-9,17H2,1-2H3,(H,18,21). The molecule has 0 bridgehead atoms. The van der Waals surface area contributed by atoms with Crippen LogP contribution in [0.1, 0.15) is 12.2 Å². The molecule has 0 aliphatic heterocycles. The van der Waals surface area contributed by atoms with Crippen molar-refractivity contribution in [3.63, 3.8) is 0 Å². The molecule has 7 heteroatoms. The second kappa shape index (κ2) is 7.33. The normalized spacial score (nSPS) is 12.5. The van der Waals surface area contributed by atoms with E-state index in [0.717, 1.165) is 16.9 Å². The maximum atomic E-state index is 13.3. The summed E-state index contributed by atoms with van der Waals surface area (Å²) in [4.78, 5) is 16.2. The first-order valence-corrected chi connectivity index (χ1v) is 7.15. The first kappa shape index (κ1) is 16.4. The number of fused-ring (bicyclic) bond motifs is 1. The number of hydrogen-bond donors (Lipinski definition) is 2. The molecule has 0 radical (unpaired) electrons. The van der Waals surface area contributed by atoms with Gasteiger partial charge in [0.2, 0.25) is 5.91 Å². The topological polar surface area (TPSA) is 82.2 Å². The number of rotatable bonds is 7. The van der Waals surface area contributed by atoms with Gasteiger partial charge >= 0.3 is 0 Å². The number of nitrogens with one attached hydrogen (secondary N) is 1. The van der Waals surface area contributed by atoms with Crippen LogP contribution in [0.25, 0.3) is 11.0 Å². The highest BCUT2D eigenvalue weighted by molar-refractivity contribution is 5.77. The van der Waals surface area contributed by atoms with E-state index in [2.05, 4.69) is 10.3 Å². The molecule has 2 rings (SSSR count). The van der Waals surface area contributed by atoms with Gasteiger partial charge in [0.05, 0.1) is 23.6 Å². The van der Waals surface area contributed by atoms with E-state index in [-0.39, 0.29) is 24.2 Å². The summed E-state index contributed by atoms with van der Waals surface area (Å²) in [5.41, 5.74) is 6.96. The molecule has 1 atom stereocenters. The average molecular weight is 308 g/mol. The van der Waals surface area contributed by atoms with Crippen molar-refractivity contribution in [1.82, 2.24) is 14.9 Å². The Morgan fingerprint density at radius 2 is 2.32 bits per heavy atom. The number of ether oxygens (including phenoxy) is 1. The van der Waals surface area contributed by atoms with E-state index in [4.69, 9.17) is 10.5 Å². The van der Waals surface area contributed by atoms with Crippen LogP contribution in [0.15, 0.2) is 18.2 Å². The van der Waals surface area contributed by atoms with Gasteiger partial charge in [0.1, 0.15) is 11.6 Å². The summed E-state index contributed by atoms with van der Waals surface area (Å²) >= 11 is 0. The number of carbonyl (C=O) groups excluding carboxylic acids is 1. The Labute approximate surface area is 128 Å². The monoisotopic (exact) mass is 308 g/mol. The minimum atomic E-state index is -0.289. The number of benzene rings is 1. The molecule has 1 aromatic heterocycles. The minimum Gasteiger partial charge on any atom is -0.380 e. The van der Waals surface area contributed by atoms with Crippen molar-refractivity contribution in [2.24, 2.45) is 12.8 Å². The molecule has 1 aromatic carbocycles. The molecule has 6 nitrogen and oxygen atoms in total. The molecule has 22 heavy (non-hydrogen) atoms. The summed E-state index contributed by atoms with van der Waals surface area (Å²) in [6.45, 7) is 0.764. The molecule has 0 saturated carbocycles. The van der Waals surface area contributed by atoms with Gasteiger partial charge in [-0.2, -0.15) is 0 Å². The number of aryl methyl sites for hydroxylation is 1. The fourth-order valence-corrected chi connectivity index (χ4v) is 2.29. The quantitative estimate of drug-likeness (QED) is 0.790. The third kappa shape index (κ3) is 3.80. The maximum absolute atomic E-state index is 13.3. The van der Waals surface area contributed by atoms with Gasteiger partial charge in [-0.1, -0.05) is 0 Å². The largest absolute Gasteiger partial charge is 0.380 e. The number of methoxy groups -OCH3 is 1. The van der Waals surface area contributed by atoms with Crippen molar-refractivity contribution in [2.75, 3.05) is 20.2 Å². The number of halogens is 1. The molecule has 1 unspecified atom stereocenters. The number of carbonyl (C=O) groups is 1. The molecule has 1 amide bonds. The molecule has 1 heterocycles. The van der Waals surface area contributed by atoms with Crippen LogP contribution in [-0.4, -0.2) is 41.8 Å². The summed E-state index contributed by atoms with van der Waals surface area (Å²) in [6, 6.07) is 4.49. The first-order valence-electron chi connectivity index (χ1n) is 7.15. The van der Waals surface area contributed by atoms with Crippen molar-refractivity contribution in [2.45, 2.75) is 18.9 Å². The number of aromatic nitrogens is 2. The fraction of sp³-hybridized carbons (Fsp3) is 0.467. The Balaban J connectivity index is 1.92. The molecular formula is C15H21FN4O2. The number of amides is 1. The van der Waals surface area contributed by atoms with Crippen LogP contribution in [-0.2, 0) is 23.0 Å². The van der Waals surface area contributed by atoms with E-state index >= 15 is 0 Å². The van der Waals surface area contributed by atoms with Crippen molar-refractivity contribution in [3.8, 4) is 0 Å². The molecule has 2 aromatic rings. The second-order valence-corrected chi connectivity index (χ2v) is 5.12. The highest BCUT2D eigenvalue weighted by Gasteiger charge is 2.12. The lowest BCUT2D eigenvalue weighted by atomic mass is 10.2. The lowest BCUT2D eigenvalue weighted by Crippen LogP contribution is -2.33. The molecule has 0 fully saturated rings. The zero-order valence-corrected chi connectivity index (χ0v) is 12.8. The molecule has 3 N–H and O–H groups in total. The van der Waals surface area contributed by atoms with Gasteiger partial charge in [-0.3, -0.25) is 4.79 Å². The maximum Gasteiger partial charge on any atom is 0.222 e. The molecule has 0 aliphatic rings. The number of hydrogen-bond acceptors (Lipinski definition) is 4. The smallest absolute Gasteiger partial charge is 0.222 e. The third-order valence-electron chi connectivity index (χ3n) is 3.62. The van der Waals surface area contributed by atoms with Crippen LogP contribution in [0.2, 0.25) is 0 Å². The van der Waals surface area contributed by atoms with Gasteiger partial charge in [-0.25, -0.2) is 9.37 Å². The fourth-order valence-electron chi connectivity index (χ4n) is 2.29. The van der Waals surface area contributed by atoms with Crippen molar-refractivity contribution >= 4 is 16.9 Å². The molecule has 0 spiro atoms. The van der Waals surface area contributed by atoms with E-state index in [0.29, 0.717) is 19.5 Å². The van der Waals surface area contributed by atoms with E-state index in [9.17, 15) is 9.18 Å². The Hall–Kier alpha value is -1.99. The number of nitrogens with two attached hydrogens (primary N) is 1. The minimum absolute atomic E-state index is 0.109. The lowest BCUT2D eigenvalue weighted by Gasteiger charge is -2.12. The van der Waals surface area contributed by atoms with Gasteiger partial charge in [-0.15, -0.1) is 0 Å². The van der Waals surface area contributed by atoms with Crippen LogP contribution in [0.3, 0.4) is 0 Å². The molecule has 120 valence electrons. The van der Waals surface area contributed by atoms with Crippen molar-refractivity contribution in [1.29, 1.82) is 0 Å². The summed E-state index contributed by atoms with van der Waals surface area (Å²) < 4.78 is 20.2. The van der Waals surface area contributed by atoms with Gasteiger partial charge in [0.15, 0.2) is 0 Å². The first-order chi connectivity index (χ1) is 10.5. The van der Waals surface area contributed by atoms with E-state index in [1.54, 1.807) is 6.07 Å². The van der Waals surface area contributed by atoms with Crippen LogP contribution >= 0.6 is 0 Å². The second-order valence-electron chi connectivity index (χ2n) is 5.12. The van der Waals surface area contributed by atoms with Crippen LogP contribution in [0.5, 0.6) is 0 Å². The Bertz CT molecular complexity index is 652. The summed E-state index contributed by atoms with van der Waals surface area (Å²) in [5, 5.41) is 2.81. The van der Waals surface area contributed by atoms with Crippen molar-refractivity contribution in [3.05, 3.63) is 29.8 Å². The van der Waals surface area contributed by atoms with E-state index in [1.807, 2.05) is 11.6 Å². The number of imidazole rings is 1. The predicted molar refractivity (Wildman–Crippen MR) is 81.9 cm³/mol. The van der Waals surface area contributed by atoms with Gasteiger partial charge in [-0.05, 0) is 18.2 Å². The van der Waals surface area contributed by atoms with Gasteiger partial charge < -0.3 is 20.4 Å². The van der Waals surface area contributed by atoms with E-state index in [1.165, 1.54) is 19.2 Å². The summed E-state index contributed by atoms with van der Waals surface area (Å²) in [6.07, 6.45) is 0.540. The van der Waals surface area contributed by atoms with Crippen LogP contribution in [0.4, 0.5) is 4.39 Å². The van der Waals surface area contributed by atoms with Gasteiger partial charge in [0, 0.05) is 33.7 Å². The highest BCUT2D eigenvalue weighted by atomic mass is 19.1. The molecular weight excluding hydrogens is 287 g/mol. The summed E-state index contributed by atoms with van der Waals surface area (Å²) in [7, 11) is 3.37. The average Bonchev–Trinajstić information content (AvgIpc) is 2.81. The molecule has 0 aliphatic carbocycles.